The van der Waals surface area contributed by atoms with E-state index in [1.807, 2.05) is 32.0 Å². The lowest BCUT2D eigenvalue weighted by Gasteiger charge is -2.06. The van der Waals surface area contributed by atoms with Crippen LogP contribution in [0.25, 0.3) is 0 Å². The van der Waals surface area contributed by atoms with Gasteiger partial charge in [0.05, 0.1) is 18.2 Å². The van der Waals surface area contributed by atoms with E-state index in [9.17, 15) is 4.79 Å². The summed E-state index contributed by atoms with van der Waals surface area (Å²) in [6, 6.07) is 5.77. The van der Waals surface area contributed by atoms with Crippen LogP contribution in [0.2, 0.25) is 0 Å². The molecule has 1 aromatic rings. The summed E-state index contributed by atoms with van der Waals surface area (Å²) < 4.78 is 5.53. The standard InChI is InChI=1S/C11H13NO2/c1-7-3-4-9-10(5-7)14-6-8(2)11(13)12-9/h3-5,8H,6H2,1-2H3,(H,12,13)/t8-/m0/s1. The number of amides is 1. The molecule has 1 amide bonds. The molecule has 1 aliphatic heterocycles. The molecule has 3 heteroatoms. The minimum absolute atomic E-state index is 0.0209. The minimum Gasteiger partial charge on any atom is -0.491 e. The summed E-state index contributed by atoms with van der Waals surface area (Å²) in [7, 11) is 0. The van der Waals surface area contributed by atoms with Gasteiger partial charge in [0.2, 0.25) is 5.91 Å². The Kier molecular flexibility index (Phi) is 2.15. The molecule has 1 N–H and O–H groups in total. The molecule has 3 nitrogen and oxygen atoms in total. The van der Waals surface area contributed by atoms with Crippen molar-refractivity contribution in [2.45, 2.75) is 13.8 Å². The van der Waals surface area contributed by atoms with E-state index in [0.717, 1.165) is 17.0 Å². The number of rotatable bonds is 0. The zero-order valence-electron chi connectivity index (χ0n) is 8.33. The fraction of sp³-hybridized carbons (Fsp3) is 0.364. The molecule has 1 aliphatic rings. The number of nitrogens with one attached hydrogen (secondary N) is 1. The summed E-state index contributed by atoms with van der Waals surface area (Å²) in [5.74, 6) is 0.693. The van der Waals surface area contributed by atoms with Gasteiger partial charge < -0.3 is 10.1 Å². The Labute approximate surface area is 83.1 Å². The molecule has 2 rings (SSSR count). The second-order valence-electron chi connectivity index (χ2n) is 3.70. The van der Waals surface area contributed by atoms with Gasteiger partial charge in [-0.15, -0.1) is 0 Å². The highest BCUT2D eigenvalue weighted by molar-refractivity contribution is 5.94. The minimum atomic E-state index is -0.0947. The molecule has 0 saturated heterocycles. The Bertz CT molecular complexity index is 374. The predicted octanol–water partition coefficient (Wildman–Crippen LogP) is 1.96. The molecule has 14 heavy (non-hydrogen) atoms. The molecule has 0 unspecified atom stereocenters. The summed E-state index contributed by atoms with van der Waals surface area (Å²) in [5, 5.41) is 2.84. The number of hydrogen-bond acceptors (Lipinski definition) is 2. The largest absolute Gasteiger partial charge is 0.491 e. The summed E-state index contributed by atoms with van der Waals surface area (Å²) in [6.07, 6.45) is 0. The van der Waals surface area contributed by atoms with Gasteiger partial charge in [0, 0.05) is 0 Å². The van der Waals surface area contributed by atoms with Gasteiger partial charge in [0.1, 0.15) is 5.75 Å². The summed E-state index contributed by atoms with van der Waals surface area (Å²) in [6.45, 7) is 4.30. The number of carbonyl (C=O) groups is 1. The van der Waals surface area contributed by atoms with Crippen molar-refractivity contribution in [1.29, 1.82) is 0 Å². The van der Waals surface area contributed by atoms with Gasteiger partial charge >= 0.3 is 0 Å². The summed E-state index contributed by atoms with van der Waals surface area (Å²) in [5.41, 5.74) is 1.90. The smallest absolute Gasteiger partial charge is 0.230 e. The van der Waals surface area contributed by atoms with E-state index in [1.54, 1.807) is 0 Å². The molecule has 1 aromatic carbocycles. The van der Waals surface area contributed by atoms with E-state index >= 15 is 0 Å². The maximum Gasteiger partial charge on any atom is 0.230 e. The zero-order valence-corrected chi connectivity index (χ0v) is 8.33. The molecule has 0 spiro atoms. The van der Waals surface area contributed by atoms with Crippen molar-refractivity contribution in [3.05, 3.63) is 23.8 Å². The van der Waals surface area contributed by atoms with Gasteiger partial charge in [-0.05, 0) is 24.6 Å². The van der Waals surface area contributed by atoms with Crippen molar-refractivity contribution in [1.82, 2.24) is 0 Å². The molecule has 0 bridgehead atoms. The first-order valence-corrected chi connectivity index (χ1v) is 4.71. The first-order chi connectivity index (χ1) is 6.66. The van der Waals surface area contributed by atoms with Crippen molar-refractivity contribution in [3.8, 4) is 5.75 Å². The van der Waals surface area contributed by atoms with Crippen LogP contribution in [-0.4, -0.2) is 12.5 Å². The van der Waals surface area contributed by atoms with E-state index in [0.29, 0.717) is 6.61 Å². The lowest BCUT2D eigenvalue weighted by atomic mass is 10.2. The third-order valence-electron chi connectivity index (χ3n) is 2.33. The highest BCUT2D eigenvalue weighted by atomic mass is 16.5. The number of carbonyl (C=O) groups excluding carboxylic acids is 1. The maximum absolute atomic E-state index is 11.5. The van der Waals surface area contributed by atoms with Crippen molar-refractivity contribution < 1.29 is 9.53 Å². The molecule has 0 aliphatic carbocycles. The lowest BCUT2D eigenvalue weighted by Crippen LogP contribution is -2.21. The van der Waals surface area contributed by atoms with Crippen LogP contribution in [0.4, 0.5) is 5.69 Å². The van der Waals surface area contributed by atoms with Crippen LogP contribution in [0.3, 0.4) is 0 Å². The summed E-state index contributed by atoms with van der Waals surface area (Å²) >= 11 is 0. The van der Waals surface area contributed by atoms with Crippen LogP contribution in [0.5, 0.6) is 5.75 Å². The molecule has 1 atom stereocenters. The van der Waals surface area contributed by atoms with E-state index in [-0.39, 0.29) is 11.8 Å². The second kappa shape index (κ2) is 3.33. The van der Waals surface area contributed by atoms with Gasteiger partial charge in [-0.2, -0.15) is 0 Å². The first-order valence-electron chi connectivity index (χ1n) is 4.71. The predicted molar refractivity (Wildman–Crippen MR) is 54.5 cm³/mol. The van der Waals surface area contributed by atoms with Crippen LogP contribution in [-0.2, 0) is 4.79 Å². The monoisotopic (exact) mass is 191 g/mol. The first kappa shape index (κ1) is 9.06. The molecule has 74 valence electrons. The Hall–Kier alpha value is -1.51. The fourth-order valence-electron chi connectivity index (χ4n) is 1.40. The van der Waals surface area contributed by atoms with Crippen molar-refractivity contribution in [2.75, 3.05) is 11.9 Å². The van der Waals surface area contributed by atoms with Crippen LogP contribution in [0, 0.1) is 12.8 Å². The Morgan fingerprint density at radius 2 is 2.29 bits per heavy atom. The average molecular weight is 191 g/mol. The lowest BCUT2D eigenvalue weighted by molar-refractivity contribution is -0.119. The number of fused-ring (bicyclic) bond motifs is 1. The third-order valence-corrected chi connectivity index (χ3v) is 2.33. The zero-order chi connectivity index (χ0) is 10.1. The fourth-order valence-corrected chi connectivity index (χ4v) is 1.40. The number of anilines is 1. The van der Waals surface area contributed by atoms with Gasteiger partial charge in [-0.1, -0.05) is 13.0 Å². The average Bonchev–Trinajstić information content (AvgIpc) is 2.29. The Balaban J connectivity index is 2.37. The number of hydrogen-bond donors (Lipinski definition) is 1. The van der Waals surface area contributed by atoms with Crippen molar-refractivity contribution in [2.24, 2.45) is 5.92 Å². The SMILES string of the molecule is Cc1ccc2c(c1)OC[C@H](C)C(=O)N2. The quantitative estimate of drug-likeness (QED) is 0.680. The normalized spacial score (nSPS) is 20.4. The van der Waals surface area contributed by atoms with E-state index in [4.69, 9.17) is 4.74 Å². The van der Waals surface area contributed by atoms with Gasteiger partial charge in [-0.3, -0.25) is 4.79 Å². The highest BCUT2D eigenvalue weighted by Crippen LogP contribution is 2.28. The molecular formula is C11H13NO2. The summed E-state index contributed by atoms with van der Waals surface area (Å²) in [4.78, 5) is 11.5. The Morgan fingerprint density at radius 1 is 1.50 bits per heavy atom. The van der Waals surface area contributed by atoms with Gasteiger partial charge in [0.25, 0.3) is 0 Å². The number of ether oxygens (including phenoxy) is 1. The Morgan fingerprint density at radius 3 is 3.07 bits per heavy atom. The highest BCUT2D eigenvalue weighted by Gasteiger charge is 2.20. The molecular weight excluding hydrogens is 178 g/mol. The molecule has 0 radical (unpaired) electrons. The van der Waals surface area contributed by atoms with Crippen LogP contribution < -0.4 is 10.1 Å². The van der Waals surface area contributed by atoms with Gasteiger partial charge in [-0.25, -0.2) is 0 Å². The molecule has 0 fully saturated rings. The van der Waals surface area contributed by atoms with Crippen molar-refractivity contribution >= 4 is 11.6 Å². The molecule has 1 heterocycles. The van der Waals surface area contributed by atoms with Crippen molar-refractivity contribution in [3.63, 3.8) is 0 Å². The van der Waals surface area contributed by atoms with Crippen LogP contribution in [0.1, 0.15) is 12.5 Å². The van der Waals surface area contributed by atoms with E-state index < -0.39 is 0 Å². The molecule has 0 aromatic heterocycles. The maximum atomic E-state index is 11.5. The van der Waals surface area contributed by atoms with Crippen LogP contribution in [0.15, 0.2) is 18.2 Å². The van der Waals surface area contributed by atoms with Gasteiger partial charge in [0.15, 0.2) is 0 Å². The number of aryl methyl sites for hydroxylation is 1. The molecule has 0 saturated carbocycles. The second-order valence-corrected chi connectivity index (χ2v) is 3.70. The van der Waals surface area contributed by atoms with E-state index in [2.05, 4.69) is 5.32 Å². The van der Waals surface area contributed by atoms with Crippen LogP contribution >= 0.6 is 0 Å². The third kappa shape index (κ3) is 1.58. The topological polar surface area (TPSA) is 38.3 Å². The van der Waals surface area contributed by atoms with E-state index in [1.165, 1.54) is 0 Å². The number of benzene rings is 1.